The first kappa shape index (κ1) is 17.6. The van der Waals surface area contributed by atoms with E-state index in [-0.39, 0.29) is 12.0 Å². The average molecular weight is 355 g/mol. The second kappa shape index (κ2) is 7.41. The SMILES string of the molecule is CN1CCC(C(C(=O)O)N2CCC(c3c[nH]c4ccccc34)CC2)CC1. The maximum atomic E-state index is 12.0. The zero-order chi connectivity index (χ0) is 18.1. The third-order valence-electron chi connectivity index (χ3n) is 6.45. The summed E-state index contributed by atoms with van der Waals surface area (Å²) in [4.78, 5) is 19.9. The Morgan fingerprint density at radius 1 is 1.12 bits per heavy atom. The molecule has 0 spiro atoms. The van der Waals surface area contributed by atoms with Crippen molar-refractivity contribution in [3.8, 4) is 0 Å². The Balaban J connectivity index is 1.44. The smallest absolute Gasteiger partial charge is 0.321 e. The standard InChI is InChI=1S/C21H29N3O2/c1-23-10-6-16(7-11-23)20(21(25)26)24-12-8-15(9-13-24)18-14-22-19-5-3-2-4-17(18)19/h2-5,14-16,20,22H,6-13H2,1H3,(H,25,26). The first-order valence-corrected chi connectivity index (χ1v) is 9.85. The molecule has 3 heterocycles. The van der Waals surface area contributed by atoms with Crippen LogP contribution in [0.25, 0.3) is 10.9 Å². The fourth-order valence-corrected chi connectivity index (χ4v) is 4.92. The van der Waals surface area contributed by atoms with E-state index in [0.717, 1.165) is 51.9 Å². The fourth-order valence-electron chi connectivity index (χ4n) is 4.92. The third-order valence-corrected chi connectivity index (χ3v) is 6.45. The fraction of sp³-hybridized carbons (Fsp3) is 0.571. The van der Waals surface area contributed by atoms with Gasteiger partial charge < -0.3 is 15.0 Å². The van der Waals surface area contributed by atoms with Crippen LogP contribution in [0.3, 0.4) is 0 Å². The molecule has 2 aromatic rings. The van der Waals surface area contributed by atoms with Crippen molar-refractivity contribution < 1.29 is 9.90 Å². The third kappa shape index (κ3) is 3.38. The zero-order valence-corrected chi connectivity index (χ0v) is 15.5. The molecule has 0 bridgehead atoms. The van der Waals surface area contributed by atoms with Gasteiger partial charge in [-0.25, -0.2) is 0 Å². The van der Waals surface area contributed by atoms with E-state index in [1.165, 1.54) is 16.5 Å². The first-order chi connectivity index (χ1) is 12.6. The van der Waals surface area contributed by atoms with Gasteiger partial charge in [-0.15, -0.1) is 0 Å². The van der Waals surface area contributed by atoms with Crippen molar-refractivity contribution >= 4 is 16.9 Å². The van der Waals surface area contributed by atoms with Crippen LogP contribution in [0, 0.1) is 5.92 Å². The lowest BCUT2D eigenvalue weighted by Gasteiger charge is -2.41. The van der Waals surface area contributed by atoms with E-state index < -0.39 is 5.97 Å². The molecule has 0 aliphatic carbocycles. The predicted molar refractivity (Wildman–Crippen MR) is 103 cm³/mol. The Kier molecular flexibility index (Phi) is 5.00. The number of aromatic amines is 1. The Bertz CT molecular complexity index is 755. The molecule has 5 nitrogen and oxygen atoms in total. The van der Waals surface area contributed by atoms with Crippen molar-refractivity contribution in [3.05, 3.63) is 36.0 Å². The number of carboxylic acids is 1. The molecular weight excluding hydrogens is 326 g/mol. The van der Waals surface area contributed by atoms with Gasteiger partial charge in [0, 0.05) is 17.1 Å². The van der Waals surface area contributed by atoms with Crippen LogP contribution >= 0.6 is 0 Å². The molecule has 5 heteroatoms. The molecule has 26 heavy (non-hydrogen) atoms. The molecule has 2 saturated heterocycles. The number of nitrogens with one attached hydrogen (secondary N) is 1. The molecule has 140 valence electrons. The van der Waals surface area contributed by atoms with E-state index in [9.17, 15) is 9.90 Å². The number of H-pyrrole nitrogens is 1. The average Bonchev–Trinajstić information content (AvgIpc) is 3.08. The van der Waals surface area contributed by atoms with Gasteiger partial charge in [0.05, 0.1) is 0 Å². The van der Waals surface area contributed by atoms with Crippen LogP contribution in [0.1, 0.15) is 37.2 Å². The van der Waals surface area contributed by atoms with E-state index in [0.29, 0.717) is 5.92 Å². The molecule has 1 unspecified atom stereocenters. The van der Waals surface area contributed by atoms with Crippen LogP contribution in [-0.2, 0) is 4.79 Å². The minimum absolute atomic E-state index is 0.285. The second-order valence-electron chi connectivity index (χ2n) is 8.02. The summed E-state index contributed by atoms with van der Waals surface area (Å²) in [6.45, 7) is 3.79. The number of nitrogens with zero attached hydrogens (tertiary/aromatic N) is 2. The van der Waals surface area contributed by atoms with E-state index in [4.69, 9.17) is 0 Å². The van der Waals surface area contributed by atoms with Gasteiger partial charge in [0.1, 0.15) is 6.04 Å². The Morgan fingerprint density at radius 3 is 2.50 bits per heavy atom. The monoisotopic (exact) mass is 355 g/mol. The molecular formula is C21H29N3O2. The number of aliphatic carboxylic acids is 1. The van der Waals surface area contributed by atoms with Crippen molar-refractivity contribution in [1.82, 2.24) is 14.8 Å². The molecule has 1 atom stereocenters. The molecule has 4 rings (SSSR count). The van der Waals surface area contributed by atoms with E-state index in [2.05, 4.69) is 52.3 Å². The van der Waals surface area contributed by atoms with Crippen LogP contribution in [-0.4, -0.2) is 65.1 Å². The van der Waals surface area contributed by atoms with E-state index in [1.807, 2.05) is 0 Å². The lowest BCUT2D eigenvalue weighted by molar-refractivity contribution is -0.147. The highest BCUT2D eigenvalue weighted by Crippen LogP contribution is 2.35. The molecule has 2 aliphatic heterocycles. The normalized spacial score (nSPS) is 22.7. The number of rotatable bonds is 4. The summed E-state index contributed by atoms with van der Waals surface area (Å²) in [5, 5.41) is 11.2. The highest BCUT2D eigenvalue weighted by molar-refractivity contribution is 5.83. The lowest BCUT2D eigenvalue weighted by atomic mass is 9.84. The van der Waals surface area contributed by atoms with Gasteiger partial charge in [0.2, 0.25) is 0 Å². The van der Waals surface area contributed by atoms with Gasteiger partial charge in [-0.3, -0.25) is 9.69 Å². The minimum atomic E-state index is -0.634. The quantitative estimate of drug-likeness (QED) is 0.885. The van der Waals surface area contributed by atoms with Crippen molar-refractivity contribution in [2.45, 2.75) is 37.6 Å². The topological polar surface area (TPSA) is 59.6 Å². The largest absolute Gasteiger partial charge is 0.480 e. The number of aromatic nitrogens is 1. The van der Waals surface area contributed by atoms with Gasteiger partial charge >= 0.3 is 5.97 Å². The number of hydrogen-bond acceptors (Lipinski definition) is 3. The second-order valence-corrected chi connectivity index (χ2v) is 8.02. The van der Waals surface area contributed by atoms with Crippen LogP contribution in [0.4, 0.5) is 0 Å². The van der Waals surface area contributed by atoms with Crippen LogP contribution < -0.4 is 0 Å². The maximum Gasteiger partial charge on any atom is 0.321 e. The number of para-hydroxylation sites is 1. The van der Waals surface area contributed by atoms with Crippen molar-refractivity contribution in [2.24, 2.45) is 5.92 Å². The summed E-state index contributed by atoms with van der Waals surface area (Å²) < 4.78 is 0. The van der Waals surface area contributed by atoms with Crippen molar-refractivity contribution in [1.29, 1.82) is 0 Å². The maximum absolute atomic E-state index is 12.0. The Labute approximate surface area is 155 Å². The van der Waals surface area contributed by atoms with Gasteiger partial charge in [-0.2, -0.15) is 0 Å². The molecule has 1 aromatic heterocycles. The molecule has 2 N–H and O–H groups in total. The van der Waals surface area contributed by atoms with Crippen molar-refractivity contribution in [2.75, 3.05) is 33.2 Å². The lowest BCUT2D eigenvalue weighted by Crippen LogP contribution is -2.51. The number of hydrogen-bond donors (Lipinski definition) is 2. The summed E-state index contributed by atoms with van der Waals surface area (Å²) in [6.07, 6.45) is 6.22. The van der Waals surface area contributed by atoms with Crippen LogP contribution in [0.2, 0.25) is 0 Å². The number of piperidine rings is 2. The Hall–Kier alpha value is -1.85. The van der Waals surface area contributed by atoms with Gasteiger partial charge in [-0.1, -0.05) is 18.2 Å². The minimum Gasteiger partial charge on any atom is -0.480 e. The summed E-state index contributed by atoms with van der Waals surface area (Å²) in [7, 11) is 2.12. The van der Waals surface area contributed by atoms with Gasteiger partial charge in [0.15, 0.2) is 0 Å². The predicted octanol–water partition coefficient (Wildman–Crippen LogP) is 3.14. The molecule has 2 aliphatic rings. The summed E-state index contributed by atoms with van der Waals surface area (Å²) in [5.74, 6) is 0.174. The Morgan fingerprint density at radius 2 is 1.81 bits per heavy atom. The summed E-state index contributed by atoms with van der Waals surface area (Å²) >= 11 is 0. The van der Waals surface area contributed by atoms with Crippen LogP contribution in [0.5, 0.6) is 0 Å². The molecule has 1 aromatic carbocycles. The molecule has 0 radical (unpaired) electrons. The number of fused-ring (bicyclic) bond motifs is 1. The van der Waals surface area contributed by atoms with E-state index >= 15 is 0 Å². The number of carboxylic acid groups (broad SMARTS) is 1. The summed E-state index contributed by atoms with van der Waals surface area (Å²) in [5.41, 5.74) is 2.59. The highest BCUT2D eigenvalue weighted by atomic mass is 16.4. The summed E-state index contributed by atoms with van der Waals surface area (Å²) in [6, 6.07) is 8.15. The number of benzene rings is 1. The van der Waals surface area contributed by atoms with E-state index in [1.54, 1.807) is 0 Å². The number of carbonyl (C=O) groups is 1. The first-order valence-electron chi connectivity index (χ1n) is 9.85. The molecule has 0 amide bonds. The van der Waals surface area contributed by atoms with Crippen molar-refractivity contribution in [3.63, 3.8) is 0 Å². The van der Waals surface area contributed by atoms with Crippen LogP contribution in [0.15, 0.2) is 30.5 Å². The number of likely N-dealkylation sites (tertiary alicyclic amines) is 2. The molecule has 0 saturated carbocycles. The van der Waals surface area contributed by atoms with Gasteiger partial charge in [0.25, 0.3) is 0 Å². The zero-order valence-electron chi connectivity index (χ0n) is 15.5. The highest BCUT2D eigenvalue weighted by Gasteiger charge is 2.37. The molecule has 2 fully saturated rings. The van der Waals surface area contributed by atoms with Gasteiger partial charge in [-0.05, 0) is 82.4 Å².